The number of aromatic nitrogens is 3. The zero-order chi connectivity index (χ0) is 9.84. The Balaban J connectivity index is 3.05. The van der Waals surface area contributed by atoms with Crippen molar-refractivity contribution in [3.8, 4) is 6.07 Å². The van der Waals surface area contributed by atoms with Gasteiger partial charge in [0.15, 0.2) is 5.69 Å². The third-order valence-corrected chi connectivity index (χ3v) is 1.85. The molecule has 0 spiro atoms. The molecule has 0 amide bonds. The summed E-state index contributed by atoms with van der Waals surface area (Å²) in [6.45, 7) is 6.05. The van der Waals surface area contributed by atoms with Crippen molar-refractivity contribution in [2.45, 2.75) is 39.7 Å². The second-order valence-corrected chi connectivity index (χ2v) is 3.28. The van der Waals surface area contributed by atoms with Crippen LogP contribution in [0.4, 0.5) is 0 Å². The summed E-state index contributed by atoms with van der Waals surface area (Å²) in [5.41, 5.74) is 1.43. The largest absolute Gasteiger partial charge is 0.232 e. The SMILES string of the molecule is CCCc1nnn(C(C)C)c1C#N. The summed E-state index contributed by atoms with van der Waals surface area (Å²) >= 11 is 0. The maximum Gasteiger partial charge on any atom is 0.162 e. The van der Waals surface area contributed by atoms with Crippen LogP contribution in [0.2, 0.25) is 0 Å². The first-order chi connectivity index (χ1) is 6.20. The van der Waals surface area contributed by atoms with Crippen LogP contribution in [0.1, 0.15) is 44.6 Å². The Bertz CT molecular complexity index is 319. The maximum atomic E-state index is 8.91. The molecule has 0 aliphatic heterocycles. The van der Waals surface area contributed by atoms with Gasteiger partial charge in [0, 0.05) is 6.04 Å². The number of nitrogens with zero attached hydrogens (tertiary/aromatic N) is 4. The van der Waals surface area contributed by atoms with E-state index in [1.165, 1.54) is 0 Å². The zero-order valence-corrected chi connectivity index (χ0v) is 8.28. The molecule has 0 saturated heterocycles. The number of hydrogen-bond donors (Lipinski definition) is 0. The third kappa shape index (κ3) is 1.86. The summed E-state index contributed by atoms with van der Waals surface area (Å²) < 4.78 is 1.67. The molecule has 13 heavy (non-hydrogen) atoms. The molecule has 0 bridgehead atoms. The smallest absolute Gasteiger partial charge is 0.162 e. The molecule has 0 radical (unpaired) electrons. The highest BCUT2D eigenvalue weighted by molar-refractivity contribution is 5.25. The van der Waals surface area contributed by atoms with Crippen molar-refractivity contribution in [3.63, 3.8) is 0 Å². The van der Waals surface area contributed by atoms with Crippen LogP contribution in [0.3, 0.4) is 0 Å². The van der Waals surface area contributed by atoms with E-state index in [1.807, 2.05) is 13.8 Å². The van der Waals surface area contributed by atoms with Crippen LogP contribution < -0.4 is 0 Å². The maximum absolute atomic E-state index is 8.91. The standard InChI is InChI=1S/C9H14N4/c1-4-5-8-9(6-10)13(7(2)3)12-11-8/h7H,4-5H2,1-3H3. The van der Waals surface area contributed by atoms with Crippen molar-refractivity contribution >= 4 is 0 Å². The van der Waals surface area contributed by atoms with E-state index in [0.717, 1.165) is 18.5 Å². The Kier molecular flexibility index (Phi) is 3.02. The van der Waals surface area contributed by atoms with Crippen LogP contribution in [-0.4, -0.2) is 15.0 Å². The van der Waals surface area contributed by atoms with Crippen LogP contribution in [0.15, 0.2) is 0 Å². The van der Waals surface area contributed by atoms with Gasteiger partial charge in [-0.05, 0) is 20.3 Å². The van der Waals surface area contributed by atoms with Gasteiger partial charge in [0.05, 0.1) is 0 Å². The molecule has 1 rings (SSSR count). The molecule has 1 aromatic rings. The highest BCUT2D eigenvalue weighted by atomic mass is 15.4. The predicted octanol–water partition coefficient (Wildman–Crippen LogP) is 1.68. The highest BCUT2D eigenvalue weighted by Gasteiger charge is 2.12. The lowest BCUT2D eigenvalue weighted by molar-refractivity contribution is 0.509. The van der Waals surface area contributed by atoms with E-state index < -0.39 is 0 Å². The summed E-state index contributed by atoms with van der Waals surface area (Å²) in [7, 11) is 0. The van der Waals surface area contributed by atoms with Crippen LogP contribution in [0.5, 0.6) is 0 Å². The average Bonchev–Trinajstić information content (AvgIpc) is 2.48. The number of aryl methyl sites for hydroxylation is 1. The fraction of sp³-hybridized carbons (Fsp3) is 0.667. The molecular weight excluding hydrogens is 164 g/mol. The third-order valence-electron chi connectivity index (χ3n) is 1.85. The molecular formula is C9H14N4. The molecule has 0 aliphatic carbocycles. The van der Waals surface area contributed by atoms with Gasteiger partial charge in [-0.2, -0.15) is 5.26 Å². The molecule has 0 aliphatic rings. The van der Waals surface area contributed by atoms with Crippen molar-refractivity contribution in [3.05, 3.63) is 11.4 Å². The molecule has 1 aromatic heterocycles. The fourth-order valence-corrected chi connectivity index (χ4v) is 1.21. The normalized spacial score (nSPS) is 10.4. The molecule has 0 aromatic carbocycles. The van der Waals surface area contributed by atoms with Crippen molar-refractivity contribution < 1.29 is 0 Å². The Morgan fingerprint density at radius 3 is 2.69 bits per heavy atom. The van der Waals surface area contributed by atoms with E-state index in [4.69, 9.17) is 5.26 Å². The quantitative estimate of drug-likeness (QED) is 0.707. The fourth-order valence-electron chi connectivity index (χ4n) is 1.21. The van der Waals surface area contributed by atoms with Gasteiger partial charge in [-0.15, -0.1) is 5.10 Å². The molecule has 0 unspecified atom stereocenters. The summed E-state index contributed by atoms with van der Waals surface area (Å²) in [6, 6.07) is 2.35. The first kappa shape index (κ1) is 9.72. The van der Waals surface area contributed by atoms with E-state index in [9.17, 15) is 0 Å². The predicted molar refractivity (Wildman–Crippen MR) is 49.1 cm³/mol. The molecule has 0 fully saturated rings. The molecule has 4 heteroatoms. The van der Waals surface area contributed by atoms with Gasteiger partial charge in [-0.3, -0.25) is 0 Å². The monoisotopic (exact) mass is 178 g/mol. The van der Waals surface area contributed by atoms with E-state index in [-0.39, 0.29) is 6.04 Å². The summed E-state index contributed by atoms with van der Waals surface area (Å²) in [5.74, 6) is 0. The van der Waals surface area contributed by atoms with Gasteiger partial charge in [0.2, 0.25) is 0 Å². The van der Waals surface area contributed by atoms with Crippen molar-refractivity contribution in [1.29, 1.82) is 5.26 Å². The average molecular weight is 178 g/mol. The van der Waals surface area contributed by atoms with Gasteiger partial charge in [0.25, 0.3) is 0 Å². The van der Waals surface area contributed by atoms with Gasteiger partial charge >= 0.3 is 0 Å². The second kappa shape index (κ2) is 4.04. The lowest BCUT2D eigenvalue weighted by Crippen LogP contribution is -2.05. The molecule has 0 N–H and O–H groups in total. The lowest BCUT2D eigenvalue weighted by Gasteiger charge is -2.04. The summed E-state index contributed by atoms with van der Waals surface area (Å²) in [6.07, 6.45) is 1.82. The molecule has 4 nitrogen and oxygen atoms in total. The van der Waals surface area contributed by atoms with Crippen LogP contribution in [-0.2, 0) is 6.42 Å². The van der Waals surface area contributed by atoms with E-state index in [2.05, 4.69) is 23.3 Å². The van der Waals surface area contributed by atoms with E-state index in [0.29, 0.717) is 5.69 Å². The first-order valence-corrected chi connectivity index (χ1v) is 4.54. The van der Waals surface area contributed by atoms with Gasteiger partial charge in [0.1, 0.15) is 11.8 Å². The van der Waals surface area contributed by atoms with Gasteiger partial charge < -0.3 is 0 Å². The lowest BCUT2D eigenvalue weighted by atomic mass is 10.2. The van der Waals surface area contributed by atoms with Gasteiger partial charge in [-0.1, -0.05) is 18.6 Å². The molecule has 0 atom stereocenters. The number of nitriles is 1. The van der Waals surface area contributed by atoms with Crippen molar-refractivity contribution in [2.75, 3.05) is 0 Å². The summed E-state index contributed by atoms with van der Waals surface area (Å²) in [4.78, 5) is 0. The van der Waals surface area contributed by atoms with Gasteiger partial charge in [-0.25, -0.2) is 4.68 Å². The Labute approximate surface area is 78.2 Å². The Morgan fingerprint density at radius 2 is 2.23 bits per heavy atom. The number of hydrogen-bond acceptors (Lipinski definition) is 3. The minimum Gasteiger partial charge on any atom is -0.232 e. The highest BCUT2D eigenvalue weighted by Crippen LogP contribution is 2.11. The summed E-state index contributed by atoms with van der Waals surface area (Å²) in [5, 5.41) is 16.9. The Hall–Kier alpha value is -1.37. The minimum absolute atomic E-state index is 0.202. The van der Waals surface area contributed by atoms with Crippen molar-refractivity contribution in [2.24, 2.45) is 0 Å². The first-order valence-electron chi connectivity index (χ1n) is 4.54. The molecule has 1 heterocycles. The van der Waals surface area contributed by atoms with Crippen molar-refractivity contribution in [1.82, 2.24) is 15.0 Å². The van der Waals surface area contributed by atoms with Crippen LogP contribution >= 0.6 is 0 Å². The van der Waals surface area contributed by atoms with E-state index >= 15 is 0 Å². The molecule has 0 saturated carbocycles. The number of rotatable bonds is 3. The van der Waals surface area contributed by atoms with Crippen LogP contribution in [0, 0.1) is 11.3 Å². The van der Waals surface area contributed by atoms with Crippen LogP contribution in [0.25, 0.3) is 0 Å². The van der Waals surface area contributed by atoms with E-state index in [1.54, 1.807) is 4.68 Å². The zero-order valence-electron chi connectivity index (χ0n) is 8.28. The topological polar surface area (TPSA) is 54.5 Å². The minimum atomic E-state index is 0.202. The Morgan fingerprint density at radius 1 is 1.54 bits per heavy atom. The molecule has 70 valence electrons. The second-order valence-electron chi connectivity index (χ2n) is 3.28.